The molecule has 1 aromatic carbocycles. The number of ether oxygens (including phenoxy) is 1. The highest BCUT2D eigenvalue weighted by atomic mass is 35.5. The van der Waals surface area contributed by atoms with Crippen molar-refractivity contribution in [2.45, 2.75) is 11.8 Å². The molecule has 0 aliphatic heterocycles. The van der Waals surface area contributed by atoms with Crippen LogP contribution in [0, 0.1) is 0 Å². The SMILES string of the molecule is COc1ccccc1CC(Cl)c1ccc(Cl)o1. The molecule has 1 aromatic heterocycles. The van der Waals surface area contributed by atoms with Crippen molar-refractivity contribution in [3.8, 4) is 5.75 Å². The van der Waals surface area contributed by atoms with Crippen LogP contribution in [0.25, 0.3) is 0 Å². The molecule has 0 saturated heterocycles. The lowest BCUT2D eigenvalue weighted by Crippen LogP contribution is -1.97. The van der Waals surface area contributed by atoms with E-state index in [1.807, 2.05) is 24.3 Å². The number of rotatable bonds is 4. The Labute approximate surface area is 110 Å². The number of methoxy groups -OCH3 is 1. The molecule has 2 nitrogen and oxygen atoms in total. The number of halogens is 2. The molecule has 1 atom stereocenters. The number of hydrogen-bond donors (Lipinski definition) is 0. The van der Waals surface area contributed by atoms with Gasteiger partial charge in [-0.25, -0.2) is 0 Å². The lowest BCUT2D eigenvalue weighted by molar-refractivity contribution is 0.408. The molecule has 0 spiro atoms. The molecule has 2 aromatic rings. The lowest BCUT2D eigenvalue weighted by Gasteiger charge is -2.10. The predicted octanol–water partition coefficient (Wildman–Crippen LogP) is 4.46. The summed E-state index contributed by atoms with van der Waals surface area (Å²) in [5.74, 6) is 1.50. The van der Waals surface area contributed by atoms with Gasteiger partial charge in [-0.15, -0.1) is 11.6 Å². The summed E-state index contributed by atoms with van der Waals surface area (Å²) in [4.78, 5) is 0. The van der Waals surface area contributed by atoms with Crippen LogP contribution in [0.1, 0.15) is 16.7 Å². The third kappa shape index (κ3) is 2.96. The van der Waals surface area contributed by atoms with Gasteiger partial charge in [0, 0.05) is 0 Å². The van der Waals surface area contributed by atoms with Crippen molar-refractivity contribution in [2.75, 3.05) is 7.11 Å². The fraction of sp³-hybridized carbons (Fsp3) is 0.231. The van der Waals surface area contributed by atoms with Crippen LogP contribution >= 0.6 is 23.2 Å². The maximum absolute atomic E-state index is 6.28. The minimum absolute atomic E-state index is 0.251. The quantitative estimate of drug-likeness (QED) is 0.766. The van der Waals surface area contributed by atoms with Crippen molar-refractivity contribution < 1.29 is 9.15 Å². The van der Waals surface area contributed by atoms with E-state index in [9.17, 15) is 0 Å². The Kier molecular flexibility index (Phi) is 3.97. The second kappa shape index (κ2) is 5.48. The zero-order valence-electron chi connectivity index (χ0n) is 9.32. The van der Waals surface area contributed by atoms with E-state index in [-0.39, 0.29) is 5.38 Å². The van der Waals surface area contributed by atoms with Crippen molar-refractivity contribution in [1.82, 2.24) is 0 Å². The molecule has 1 heterocycles. The average molecular weight is 271 g/mol. The number of furan rings is 1. The topological polar surface area (TPSA) is 22.4 Å². The molecule has 90 valence electrons. The van der Waals surface area contributed by atoms with Gasteiger partial charge in [-0.2, -0.15) is 0 Å². The van der Waals surface area contributed by atoms with Crippen molar-refractivity contribution in [2.24, 2.45) is 0 Å². The minimum atomic E-state index is -0.251. The zero-order chi connectivity index (χ0) is 12.3. The largest absolute Gasteiger partial charge is 0.496 e. The molecule has 17 heavy (non-hydrogen) atoms. The summed E-state index contributed by atoms with van der Waals surface area (Å²) in [6.07, 6.45) is 0.634. The molecule has 0 N–H and O–H groups in total. The van der Waals surface area contributed by atoms with Gasteiger partial charge < -0.3 is 9.15 Å². The normalized spacial score (nSPS) is 12.4. The second-order valence-electron chi connectivity index (χ2n) is 3.63. The van der Waals surface area contributed by atoms with Crippen LogP contribution in [0.3, 0.4) is 0 Å². The third-order valence-corrected chi connectivity index (χ3v) is 3.07. The Bertz CT molecular complexity index is 494. The van der Waals surface area contributed by atoms with E-state index in [2.05, 4.69) is 0 Å². The zero-order valence-corrected chi connectivity index (χ0v) is 10.8. The lowest BCUT2D eigenvalue weighted by atomic mass is 10.1. The maximum atomic E-state index is 6.28. The van der Waals surface area contributed by atoms with Crippen LogP contribution in [0.5, 0.6) is 5.75 Å². The standard InChI is InChI=1S/C13H12Cl2O2/c1-16-11-5-3-2-4-9(11)8-10(14)12-6-7-13(15)17-12/h2-7,10H,8H2,1H3. The number of para-hydroxylation sites is 1. The van der Waals surface area contributed by atoms with Gasteiger partial charge in [0.1, 0.15) is 11.5 Å². The Balaban J connectivity index is 2.15. The minimum Gasteiger partial charge on any atom is -0.496 e. The number of hydrogen-bond acceptors (Lipinski definition) is 2. The van der Waals surface area contributed by atoms with Gasteiger partial charge in [0.2, 0.25) is 0 Å². The van der Waals surface area contributed by atoms with Crippen LogP contribution in [-0.2, 0) is 6.42 Å². The van der Waals surface area contributed by atoms with Gasteiger partial charge >= 0.3 is 0 Å². The first-order chi connectivity index (χ1) is 8.20. The highest BCUT2D eigenvalue weighted by Gasteiger charge is 2.15. The Morgan fingerprint density at radius 2 is 2.00 bits per heavy atom. The number of benzene rings is 1. The molecule has 0 fully saturated rings. The van der Waals surface area contributed by atoms with Gasteiger partial charge in [-0.3, -0.25) is 0 Å². The first kappa shape index (κ1) is 12.3. The molecule has 2 rings (SSSR count). The van der Waals surface area contributed by atoms with E-state index in [0.29, 0.717) is 17.4 Å². The molecule has 0 bridgehead atoms. The molecular formula is C13H12Cl2O2. The molecule has 0 saturated carbocycles. The third-order valence-electron chi connectivity index (χ3n) is 2.49. The summed E-state index contributed by atoms with van der Waals surface area (Å²) in [6, 6.07) is 11.3. The summed E-state index contributed by atoms with van der Waals surface area (Å²) in [7, 11) is 1.64. The van der Waals surface area contributed by atoms with E-state index >= 15 is 0 Å². The monoisotopic (exact) mass is 270 g/mol. The Morgan fingerprint density at radius 1 is 1.24 bits per heavy atom. The van der Waals surface area contributed by atoms with Crippen LogP contribution in [0.4, 0.5) is 0 Å². The number of alkyl halides is 1. The summed E-state index contributed by atoms with van der Waals surface area (Å²) in [5, 5.41) is 0.101. The molecule has 4 heteroatoms. The van der Waals surface area contributed by atoms with E-state index in [1.165, 1.54) is 0 Å². The van der Waals surface area contributed by atoms with Crippen LogP contribution < -0.4 is 4.74 Å². The fourth-order valence-corrected chi connectivity index (χ4v) is 2.10. The van der Waals surface area contributed by atoms with Crippen LogP contribution in [0.15, 0.2) is 40.8 Å². The Morgan fingerprint density at radius 3 is 2.65 bits per heavy atom. The van der Waals surface area contributed by atoms with Crippen molar-refractivity contribution in [3.63, 3.8) is 0 Å². The smallest absolute Gasteiger partial charge is 0.193 e. The molecular weight excluding hydrogens is 259 g/mol. The van der Waals surface area contributed by atoms with Gasteiger partial charge in [-0.05, 0) is 41.8 Å². The first-order valence-corrected chi connectivity index (χ1v) is 6.03. The molecule has 0 aliphatic carbocycles. The maximum Gasteiger partial charge on any atom is 0.193 e. The first-order valence-electron chi connectivity index (χ1n) is 5.22. The van der Waals surface area contributed by atoms with E-state index in [0.717, 1.165) is 11.3 Å². The fourth-order valence-electron chi connectivity index (χ4n) is 1.66. The Hall–Kier alpha value is -1.12. The molecule has 0 radical (unpaired) electrons. The summed E-state index contributed by atoms with van der Waals surface area (Å²) >= 11 is 12.0. The van der Waals surface area contributed by atoms with Crippen molar-refractivity contribution in [3.05, 3.63) is 52.9 Å². The van der Waals surface area contributed by atoms with Gasteiger partial charge in [0.05, 0.1) is 12.5 Å². The molecule has 0 amide bonds. The summed E-state index contributed by atoms with van der Waals surface area (Å²) < 4.78 is 10.6. The van der Waals surface area contributed by atoms with Crippen molar-refractivity contribution in [1.29, 1.82) is 0 Å². The van der Waals surface area contributed by atoms with E-state index < -0.39 is 0 Å². The molecule has 0 aliphatic rings. The van der Waals surface area contributed by atoms with Gasteiger partial charge in [0.15, 0.2) is 5.22 Å². The van der Waals surface area contributed by atoms with Gasteiger partial charge in [0.25, 0.3) is 0 Å². The highest BCUT2D eigenvalue weighted by molar-refractivity contribution is 6.29. The summed E-state index contributed by atoms with van der Waals surface area (Å²) in [6.45, 7) is 0. The predicted molar refractivity (Wildman–Crippen MR) is 69.0 cm³/mol. The van der Waals surface area contributed by atoms with E-state index in [4.69, 9.17) is 32.4 Å². The summed E-state index contributed by atoms with van der Waals surface area (Å²) in [5.41, 5.74) is 1.04. The second-order valence-corrected chi connectivity index (χ2v) is 4.52. The van der Waals surface area contributed by atoms with Gasteiger partial charge in [-0.1, -0.05) is 18.2 Å². The average Bonchev–Trinajstić information content (AvgIpc) is 2.77. The van der Waals surface area contributed by atoms with Crippen LogP contribution in [-0.4, -0.2) is 7.11 Å². The highest BCUT2D eigenvalue weighted by Crippen LogP contribution is 2.31. The van der Waals surface area contributed by atoms with Crippen LogP contribution in [0.2, 0.25) is 5.22 Å². The molecule has 1 unspecified atom stereocenters. The van der Waals surface area contributed by atoms with E-state index in [1.54, 1.807) is 19.2 Å². The van der Waals surface area contributed by atoms with Crippen molar-refractivity contribution >= 4 is 23.2 Å².